The maximum Gasteiger partial charge on any atom is 0.312 e. The number of nitrogens with zero attached hydrogens (tertiary/aromatic N) is 2. The van der Waals surface area contributed by atoms with Gasteiger partial charge in [0.15, 0.2) is 0 Å². The highest BCUT2D eigenvalue weighted by Crippen LogP contribution is 2.24. The number of hydrogen-bond donors (Lipinski definition) is 1. The highest BCUT2D eigenvalue weighted by atomic mass is 127. The van der Waals surface area contributed by atoms with Gasteiger partial charge in [-0.2, -0.15) is 0 Å². The number of carbonyl (C=O) groups is 1. The van der Waals surface area contributed by atoms with Gasteiger partial charge in [-0.15, -0.1) is 0 Å². The van der Waals surface area contributed by atoms with E-state index in [1.54, 1.807) is 6.20 Å². The minimum Gasteiger partial charge on any atom is -0.481 e. The van der Waals surface area contributed by atoms with Crippen LogP contribution in [0.1, 0.15) is 17.2 Å². The summed E-state index contributed by atoms with van der Waals surface area (Å²) in [5, 5.41) is 9.39. The van der Waals surface area contributed by atoms with Gasteiger partial charge < -0.3 is 5.11 Å². The number of rotatable bonds is 4. The molecule has 0 amide bonds. The van der Waals surface area contributed by atoms with E-state index in [1.165, 1.54) is 6.33 Å². The first-order chi connectivity index (χ1) is 9.08. The molecular weight excluding hydrogens is 423 g/mol. The number of halogens is 2. The third-order valence-electron chi connectivity index (χ3n) is 2.68. The van der Waals surface area contributed by atoms with Crippen LogP contribution in [0, 0.1) is 3.57 Å². The molecule has 0 radical (unpaired) electrons. The van der Waals surface area contributed by atoms with Gasteiger partial charge >= 0.3 is 5.97 Å². The molecule has 2 rings (SSSR count). The topological polar surface area (TPSA) is 63.1 Å². The van der Waals surface area contributed by atoms with E-state index in [2.05, 4.69) is 48.5 Å². The maximum atomic E-state index is 11.5. The average Bonchev–Trinajstić information content (AvgIpc) is 2.39. The van der Waals surface area contributed by atoms with Crippen molar-refractivity contribution in [3.63, 3.8) is 0 Å². The van der Waals surface area contributed by atoms with Gasteiger partial charge in [-0.05, 0) is 46.7 Å². The molecule has 0 aliphatic rings. The van der Waals surface area contributed by atoms with E-state index in [0.29, 0.717) is 12.1 Å². The van der Waals surface area contributed by atoms with E-state index in [-0.39, 0.29) is 0 Å². The second-order valence-corrected chi connectivity index (χ2v) is 6.06. The van der Waals surface area contributed by atoms with Crippen LogP contribution in [0.15, 0.2) is 41.3 Å². The van der Waals surface area contributed by atoms with Crippen LogP contribution in [0.2, 0.25) is 0 Å². The molecule has 0 bridgehead atoms. The van der Waals surface area contributed by atoms with Crippen molar-refractivity contribution < 1.29 is 9.90 Å². The molecule has 0 fully saturated rings. The number of aromatic nitrogens is 2. The van der Waals surface area contributed by atoms with E-state index in [1.807, 2.05) is 24.3 Å². The van der Waals surface area contributed by atoms with E-state index in [9.17, 15) is 9.90 Å². The molecule has 1 aromatic carbocycles. The first-order valence-electron chi connectivity index (χ1n) is 5.50. The second kappa shape index (κ2) is 6.42. The summed E-state index contributed by atoms with van der Waals surface area (Å²) < 4.78 is 1.74. The fourth-order valence-electron chi connectivity index (χ4n) is 1.74. The first-order valence-corrected chi connectivity index (χ1v) is 7.37. The lowest BCUT2D eigenvalue weighted by atomic mass is 9.96. The molecule has 19 heavy (non-hydrogen) atoms. The zero-order chi connectivity index (χ0) is 13.8. The second-order valence-electron chi connectivity index (χ2n) is 3.98. The van der Waals surface area contributed by atoms with Gasteiger partial charge in [-0.25, -0.2) is 9.97 Å². The first kappa shape index (κ1) is 14.4. The molecule has 1 atom stereocenters. The van der Waals surface area contributed by atoms with Gasteiger partial charge in [0.05, 0.1) is 9.26 Å². The van der Waals surface area contributed by atoms with Crippen LogP contribution in [0.25, 0.3) is 0 Å². The summed E-state index contributed by atoms with van der Waals surface area (Å²) in [6.45, 7) is 0. The van der Waals surface area contributed by atoms with Crippen LogP contribution < -0.4 is 0 Å². The van der Waals surface area contributed by atoms with Gasteiger partial charge in [-0.3, -0.25) is 4.79 Å². The lowest BCUT2D eigenvalue weighted by Crippen LogP contribution is -2.17. The molecule has 4 nitrogen and oxygen atoms in total. The highest BCUT2D eigenvalue weighted by molar-refractivity contribution is 14.1. The number of carboxylic acid groups (broad SMARTS) is 1. The number of benzene rings is 1. The Labute approximate surface area is 132 Å². The number of aliphatic carboxylic acids is 1. The van der Waals surface area contributed by atoms with Crippen molar-refractivity contribution in [3.8, 4) is 0 Å². The third-order valence-corrected chi connectivity index (χ3v) is 4.04. The normalized spacial score (nSPS) is 12.1. The van der Waals surface area contributed by atoms with Crippen LogP contribution in [-0.4, -0.2) is 21.0 Å². The molecule has 1 heterocycles. The quantitative estimate of drug-likeness (QED) is 0.753. The molecule has 1 N–H and O–H groups in total. The molecule has 0 spiro atoms. The van der Waals surface area contributed by atoms with E-state index >= 15 is 0 Å². The largest absolute Gasteiger partial charge is 0.481 e. The van der Waals surface area contributed by atoms with Gasteiger partial charge in [0.25, 0.3) is 0 Å². The Morgan fingerprint density at radius 2 is 2.05 bits per heavy atom. The Hall–Kier alpha value is -1.02. The van der Waals surface area contributed by atoms with Crippen molar-refractivity contribution >= 4 is 44.5 Å². The van der Waals surface area contributed by atoms with Crippen molar-refractivity contribution in [1.29, 1.82) is 0 Å². The molecule has 2 aromatic rings. The monoisotopic (exact) mass is 432 g/mol. The summed E-state index contributed by atoms with van der Waals surface area (Å²) in [6.07, 6.45) is 3.42. The average molecular weight is 433 g/mol. The Morgan fingerprint density at radius 3 is 2.63 bits per heavy atom. The van der Waals surface area contributed by atoms with Crippen molar-refractivity contribution in [1.82, 2.24) is 9.97 Å². The van der Waals surface area contributed by atoms with Crippen LogP contribution in [0.4, 0.5) is 0 Å². The summed E-state index contributed by atoms with van der Waals surface area (Å²) in [4.78, 5) is 19.4. The molecule has 6 heteroatoms. The summed E-state index contributed by atoms with van der Waals surface area (Å²) in [7, 11) is 0. The smallest absolute Gasteiger partial charge is 0.312 e. The Kier molecular flexibility index (Phi) is 4.87. The Balaban J connectivity index is 2.29. The molecular formula is C13H10BrIN2O2. The summed E-state index contributed by atoms with van der Waals surface area (Å²) in [5.41, 5.74) is 1.52. The summed E-state index contributed by atoms with van der Waals surface area (Å²) in [6, 6.07) is 7.63. The lowest BCUT2D eigenvalue weighted by molar-refractivity contribution is -0.138. The van der Waals surface area contributed by atoms with E-state index < -0.39 is 11.9 Å². The van der Waals surface area contributed by atoms with Crippen LogP contribution >= 0.6 is 38.5 Å². The number of carboxylic acids is 1. The fraction of sp³-hybridized carbons (Fsp3) is 0.154. The zero-order valence-corrected chi connectivity index (χ0v) is 13.5. The molecule has 98 valence electrons. The van der Waals surface area contributed by atoms with Crippen molar-refractivity contribution in [2.24, 2.45) is 0 Å². The third kappa shape index (κ3) is 3.73. The fourth-order valence-corrected chi connectivity index (χ4v) is 2.68. The van der Waals surface area contributed by atoms with Crippen molar-refractivity contribution in [2.75, 3.05) is 0 Å². The number of hydrogen-bond acceptors (Lipinski definition) is 3. The summed E-state index contributed by atoms with van der Waals surface area (Å²) in [5.74, 6) is -1.53. The van der Waals surface area contributed by atoms with Crippen molar-refractivity contribution in [2.45, 2.75) is 12.3 Å². The lowest BCUT2D eigenvalue weighted by Gasteiger charge is -2.13. The molecule has 0 saturated carbocycles. The Morgan fingerprint density at radius 1 is 1.37 bits per heavy atom. The molecule has 0 aliphatic heterocycles. The zero-order valence-electron chi connectivity index (χ0n) is 9.75. The maximum absolute atomic E-state index is 11.5. The van der Waals surface area contributed by atoms with Gasteiger partial charge in [0.1, 0.15) is 12.2 Å². The minimum absolute atomic E-state index is 0.412. The molecule has 0 aliphatic carbocycles. The predicted molar refractivity (Wildman–Crippen MR) is 83.0 cm³/mol. The van der Waals surface area contributed by atoms with Gasteiger partial charge in [0, 0.05) is 10.7 Å². The van der Waals surface area contributed by atoms with Crippen LogP contribution in [-0.2, 0) is 11.2 Å². The summed E-state index contributed by atoms with van der Waals surface area (Å²) >= 11 is 5.42. The predicted octanol–water partition coefficient (Wildman–Crippen LogP) is 3.25. The SMILES string of the molecule is O=C(O)C(Cc1ccc(Br)cc1)c1ncncc1I. The standard InChI is InChI=1S/C13H10BrIN2O2/c14-9-3-1-8(2-4-9)5-10(13(18)19)12-11(15)6-16-7-17-12/h1-4,6-7,10H,5H2,(H,18,19). The highest BCUT2D eigenvalue weighted by Gasteiger charge is 2.24. The van der Waals surface area contributed by atoms with Crippen LogP contribution in [0.5, 0.6) is 0 Å². The van der Waals surface area contributed by atoms with Gasteiger partial charge in [-0.1, -0.05) is 28.1 Å². The molecule has 1 aromatic heterocycles. The van der Waals surface area contributed by atoms with E-state index in [0.717, 1.165) is 13.6 Å². The Bertz CT molecular complexity index is 589. The molecule has 0 saturated heterocycles. The minimum atomic E-state index is -0.875. The van der Waals surface area contributed by atoms with Gasteiger partial charge in [0.2, 0.25) is 0 Å². The van der Waals surface area contributed by atoms with E-state index in [4.69, 9.17) is 0 Å². The molecule has 1 unspecified atom stereocenters. The van der Waals surface area contributed by atoms with Crippen LogP contribution in [0.3, 0.4) is 0 Å². The van der Waals surface area contributed by atoms with Crippen molar-refractivity contribution in [3.05, 3.63) is 56.1 Å².